The fraction of sp³-hybridized carbons (Fsp3) is 0.231. The van der Waals surface area contributed by atoms with Gasteiger partial charge in [-0.2, -0.15) is 0 Å². The first-order valence-electron chi connectivity index (χ1n) is 5.66. The molecule has 1 aromatic carbocycles. The maximum absolute atomic E-state index is 13.3. The van der Waals surface area contributed by atoms with Crippen LogP contribution < -0.4 is 5.32 Å². The van der Waals surface area contributed by atoms with Gasteiger partial charge in [0, 0.05) is 10.7 Å². The fourth-order valence-electron chi connectivity index (χ4n) is 1.64. The van der Waals surface area contributed by atoms with E-state index in [1.54, 1.807) is 6.07 Å². The highest BCUT2D eigenvalue weighted by molar-refractivity contribution is 6.33. The van der Waals surface area contributed by atoms with Gasteiger partial charge in [-0.25, -0.2) is 14.4 Å². The fourth-order valence-corrected chi connectivity index (χ4v) is 2.16. The monoisotopic (exact) mass is 299 g/mol. The summed E-state index contributed by atoms with van der Waals surface area (Å²) in [5, 5.41) is 3.89. The Morgan fingerprint density at radius 1 is 1.26 bits per heavy atom. The molecule has 0 bridgehead atoms. The maximum Gasteiger partial charge on any atom is 0.153 e. The van der Waals surface area contributed by atoms with E-state index in [0.717, 1.165) is 11.3 Å². The van der Waals surface area contributed by atoms with Crippen molar-refractivity contribution in [3.8, 4) is 0 Å². The zero-order chi connectivity index (χ0) is 14.0. The number of anilines is 2. The largest absolute Gasteiger partial charge is 0.339 e. The highest BCUT2D eigenvalue weighted by Crippen LogP contribution is 2.31. The number of aromatic nitrogens is 2. The summed E-state index contributed by atoms with van der Waals surface area (Å²) in [5.41, 5.74) is 1.92. The predicted molar refractivity (Wildman–Crippen MR) is 76.0 cm³/mol. The van der Waals surface area contributed by atoms with Gasteiger partial charge in [-0.3, -0.25) is 0 Å². The topological polar surface area (TPSA) is 37.8 Å². The van der Waals surface area contributed by atoms with Gasteiger partial charge in [0.2, 0.25) is 0 Å². The van der Waals surface area contributed by atoms with Gasteiger partial charge >= 0.3 is 0 Å². The molecule has 1 heterocycles. The molecule has 0 saturated heterocycles. The Morgan fingerprint density at radius 3 is 2.63 bits per heavy atom. The summed E-state index contributed by atoms with van der Waals surface area (Å²) in [5.74, 6) is 0.376. The Balaban J connectivity index is 2.36. The summed E-state index contributed by atoms with van der Waals surface area (Å²) in [7, 11) is 0. The Labute approximate surface area is 120 Å². The van der Waals surface area contributed by atoms with E-state index in [9.17, 15) is 4.39 Å². The van der Waals surface area contributed by atoms with E-state index in [0.29, 0.717) is 10.8 Å². The van der Waals surface area contributed by atoms with Crippen molar-refractivity contribution >= 4 is 34.7 Å². The van der Waals surface area contributed by atoms with Crippen molar-refractivity contribution in [2.45, 2.75) is 20.0 Å². The first-order valence-corrected chi connectivity index (χ1v) is 6.42. The van der Waals surface area contributed by atoms with Crippen molar-refractivity contribution < 1.29 is 4.39 Å². The van der Waals surface area contributed by atoms with Crippen LogP contribution in [0.15, 0.2) is 24.5 Å². The van der Waals surface area contributed by atoms with Crippen LogP contribution in [0.1, 0.15) is 24.4 Å². The first kappa shape index (κ1) is 14.0. The number of hydrogen-bond donors (Lipinski definition) is 1. The van der Waals surface area contributed by atoms with E-state index in [-0.39, 0.29) is 10.7 Å². The van der Waals surface area contributed by atoms with Crippen LogP contribution in [0.4, 0.5) is 15.9 Å². The molecule has 1 aromatic heterocycles. The summed E-state index contributed by atoms with van der Waals surface area (Å²) in [6, 6.07) is 5.39. The predicted octanol–water partition coefficient (Wildman–Crippen LogP) is 4.87. The zero-order valence-electron chi connectivity index (χ0n) is 10.4. The van der Waals surface area contributed by atoms with Gasteiger partial charge in [0.25, 0.3) is 0 Å². The molecule has 0 aliphatic rings. The number of nitrogens with zero attached hydrogens (tertiary/aromatic N) is 2. The first-order chi connectivity index (χ1) is 8.99. The van der Waals surface area contributed by atoms with E-state index < -0.39 is 6.17 Å². The molecule has 19 heavy (non-hydrogen) atoms. The van der Waals surface area contributed by atoms with Crippen LogP contribution in [0.2, 0.25) is 10.0 Å². The highest BCUT2D eigenvalue weighted by Gasteiger charge is 2.15. The van der Waals surface area contributed by atoms with E-state index in [1.807, 2.05) is 19.1 Å². The molecule has 0 fully saturated rings. The molecule has 0 saturated carbocycles. The average Bonchev–Trinajstić information content (AvgIpc) is 2.34. The number of halogens is 3. The van der Waals surface area contributed by atoms with E-state index in [4.69, 9.17) is 23.2 Å². The third-order valence-corrected chi connectivity index (χ3v) is 3.24. The summed E-state index contributed by atoms with van der Waals surface area (Å²) in [6.07, 6.45) is 0.0348. The van der Waals surface area contributed by atoms with Gasteiger partial charge < -0.3 is 5.32 Å². The van der Waals surface area contributed by atoms with Gasteiger partial charge in [0.15, 0.2) is 5.82 Å². The second-order valence-corrected chi connectivity index (χ2v) is 4.94. The number of alkyl halides is 1. The quantitative estimate of drug-likeness (QED) is 0.879. The van der Waals surface area contributed by atoms with Crippen molar-refractivity contribution in [2.24, 2.45) is 0 Å². The Bertz CT molecular complexity index is 602. The van der Waals surface area contributed by atoms with Gasteiger partial charge in [-0.15, -0.1) is 0 Å². The Hall–Kier alpha value is -1.39. The third-order valence-electron chi connectivity index (χ3n) is 2.63. The zero-order valence-corrected chi connectivity index (χ0v) is 11.9. The third kappa shape index (κ3) is 3.14. The normalized spacial score (nSPS) is 12.3. The molecular weight excluding hydrogens is 288 g/mol. The Kier molecular flexibility index (Phi) is 4.22. The molecule has 2 aromatic rings. The van der Waals surface area contributed by atoms with Gasteiger partial charge in [-0.05, 0) is 37.6 Å². The molecule has 0 aliphatic heterocycles. The number of benzene rings is 1. The minimum absolute atomic E-state index is 0.172. The number of aryl methyl sites for hydroxylation is 1. The minimum Gasteiger partial charge on any atom is -0.339 e. The van der Waals surface area contributed by atoms with Crippen molar-refractivity contribution in [3.63, 3.8) is 0 Å². The van der Waals surface area contributed by atoms with Crippen LogP contribution in [0.3, 0.4) is 0 Å². The summed E-state index contributed by atoms with van der Waals surface area (Å²) >= 11 is 12.0. The van der Waals surface area contributed by atoms with Crippen LogP contribution in [0, 0.1) is 6.92 Å². The number of rotatable bonds is 3. The molecule has 0 aliphatic carbocycles. The van der Waals surface area contributed by atoms with Gasteiger partial charge in [0.05, 0.1) is 5.69 Å². The maximum atomic E-state index is 13.3. The van der Waals surface area contributed by atoms with Crippen LogP contribution in [-0.2, 0) is 0 Å². The highest BCUT2D eigenvalue weighted by atomic mass is 35.5. The van der Waals surface area contributed by atoms with Gasteiger partial charge in [-0.1, -0.05) is 23.2 Å². The smallest absolute Gasteiger partial charge is 0.153 e. The SMILES string of the molecule is Cc1cc(Cl)ccc1Nc1ncnc(C(C)F)c1Cl. The average molecular weight is 300 g/mol. The molecule has 0 spiro atoms. The molecule has 0 radical (unpaired) electrons. The second kappa shape index (κ2) is 5.72. The van der Waals surface area contributed by atoms with Crippen molar-refractivity contribution in [1.29, 1.82) is 0 Å². The molecule has 0 amide bonds. The molecule has 1 unspecified atom stereocenters. The minimum atomic E-state index is -1.25. The lowest BCUT2D eigenvalue weighted by molar-refractivity contribution is 0.365. The summed E-state index contributed by atoms with van der Waals surface area (Å²) in [4.78, 5) is 7.86. The lowest BCUT2D eigenvalue weighted by Crippen LogP contribution is -2.01. The van der Waals surface area contributed by atoms with Crippen LogP contribution >= 0.6 is 23.2 Å². The summed E-state index contributed by atoms with van der Waals surface area (Å²) in [6.45, 7) is 3.29. The molecule has 100 valence electrons. The molecule has 2 rings (SSSR count). The standard InChI is InChI=1S/C13H12Cl2FN3/c1-7-5-9(14)3-4-10(7)19-13-11(15)12(8(2)16)17-6-18-13/h3-6,8H,1-2H3,(H,17,18,19). The molecule has 1 N–H and O–H groups in total. The molecule has 3 nitrogen and oxygen atoms in total. The second-order valence-electron chi connectivity index (χ2n) is 4.12. The Morgan fingerprint density at radius 2 is 2.00 bits per heavy atom. The van der Waals surface area contributed by atoms with Crippen molar-refractivity contribution in [2.75, 3.05) is 5.32 Å². The molecule has 1 atom stereocenters. The van der Waals surface area contributed by atoms with E-state index in [1.165, 1.54) is 13.3 Å². The lowest BCUT2D eigenvalue weighted by atomic mass is 10.2. The van der Waals surface area contributed by atoms with Gasteiger partial charge in [0.1, 0.15) is 17.5 Å². The number of hydrogen-bond acceptors (Lipinski definition) is 3. The van der Waals surface area contributed by atoms with E-state index in [2.05, 4.69) is 15.3 Å². The van der Waals surface area contributed by atoms with Crippen LogP contribution in [0.5, 0.6) is 0 Å². The van der Waals surface area contributed by atoms with Crippen LogP contribution in [0.25, 0.3) is 0 Å². The molecular formula is C13H12Cl2FN3. The lowest BCUT2D eigenvalue weighted by Gasteiger charge is -2.12. The van der Waals surface area contributed by atoms with Crippen LogP contribution in [-0.4, -0.2) is 9.97 Å². The van der Waals surface area contributed by atoms with Crippen molar-refractivity contribution in [3.05, 3.63) is 45.8 Å². The van der Waals surface area contributed by atoms with E-state index >= 15 is 0 Å². The van der Waals surface area contributed by atoms with Crippen molar-refractivity contribution in [1.82, 2.24) is 9.97 Å². The summed E-state index contributed by atoms with van der Waals surface area (Å²) < 4.78 is 13.3. The molecule has 6 heteroatoms. The number of nitrogens with one attached hydrogen (secondary N) is 1.